The molecule has 1 aromatic carbocycles. The molecule has 22 heavy (non-hydrogen) atoms. The van der Waals surface area contributed by atoms with Crippen LogP contribution in [0, 0.1) is 0 Å². The second-order valence-electron chi connectivity index (χ2n) is 5.51. The number of nitrogens with zero attached hydrogens (tertiary/aromatic N) is 1. The van der Waals surface area contributed by atoms with Crippen molar-refractivity contribution in [2.24, 2.45) is 0 Å². The number of aryl methyl sites for hydroxylation is 1. The lowest BCUT2D eigenvalue weighted by atomic mass is 9.96. The number of rotatable bonds is 4. The molecular weight excluding hydrogens is 302 g/mol. The molecule has 0 bridgehead atoms. The number of aromatic nitrogens is 2. The maximum Gasteiger partial charge on any atom is 0.272 e. The first kappa shape index (κ1) is 15.1. The molecule has 5 nitrogen and oxygen atoms in total. The summed E-state index contributed by atoms with van der Waals surface area (Å²) in [5.41, 5.74) is 3.26. The Morgan fingerprint density at radius 3 is 2.82 bits per heavy atom. The Morgan fingerprint density at radius 2 is 2.05 bits per heavy atom. The maximum atomic E-state index is 12.2. The second-order valence-corrected chi connectivity index (χ2v) is 5.95. The van der Waals surface area contributed by atoms with Crippen LogP contribution in [0.5, 0.6) is 0 Å². The molecule has 1 heterocycles. The van der Waals surface area contributed by atoms with E-state index in [0.29, 0.717) is 16.3 Å². The minimum absolute atomic E-state index is 0.141. The normalized spacial score (nSPS) is 15.2. The SMILES string of the molecule is O=C(NCC(O)c1ccc(Cl)cc1)c1n[nH]c2c1CCCC2. The molecule has 3 N–H and O–H groups in total. The summed E-state index contributed by atoms with van der Waals surface area (Å²) in [7, 11) is 0. The fourth-order valence-electron chi connectivity index (χ4n) is 2.74. The lowest BCUT2D eigenvalue weighted by Gasteiger charge is -2.13. The number of aromatic amines is 1. The summed E-state index contributed by atoms with van der Waals surface area (Å²) in [6, 6.07) is 6.92. The van der Waals surface area contributed by atoms with Crippen LogP contribution in [-0.4, -0.2) is 27.8 Å². The topological polar surface area (TPSA) is 78.0 Å². The Bertz CT molecular complexity index is 667. The molecule has 3 rings (SSSR count). The third kappa shape index (κ3) is 3.15. The maximum absolute atomic E-state index is 12.2. The predicted octanol–water partition coefficient (Wildman–Crippen LogP) is 2.41. The van der Waals surface area contributed by atoms with Gasteiger partial charge in [0.25, 0.3) is 5.91 Å². The van der Waals surface area contributed by atoms with E-state index < -0.39 is 6.10 Å². The molecule has 116 valence electrons. The van der Waals surface area contributed by atoms with Gasteiger partial charge in [0.05, 0.1) is 6.10 Å². The summed E-state index contributed by atoms with van der Waals surface area (Å²) < 4.78 is 0. The average molecular weight is 320 g/mol. The van der Waals surface area contributed by atoms with E-state index in [0.717, 1.165) is 36.9 Å². The summed E-state index contributed by atoms with van der Waals surface area (Å²) >= 11 is 5.82. The molecule has 0 radical (unpaired) electrons. The summed E-state index contributed by atoms with van der Waals surface area (Å²) in [6.45, 7) is 0.141. The number of fused-ring (bicyclic) bond motifs is 1. The number of hydrogen-bond acceptors (Lipinski definition) is 3. The summed E-state index contributed by atoms with van der Waals surface area (Å²) in [5, 5.41) is 20.5. The highest BCUT2D eigenvalue weighted by Gasteiger charge is 2.22. The van der Waals surface area contributed by atoms with Gasteiger partial charge in [-0.2, -0.15) is 5.10 Å². The van der Waals surface area contributed by atoms with Gasteiger partial charge in [0.15, 0.2) is 5.69 Å². The molecule has 1 aliphatic carbocycles. The van der Waals surface area contributed by atoms with Crippen molar-refractivity contribution >= 4 is 17.5 Å². The van der Waals surface area contributed by atoms with Gasteiger partial charge in [-0.05, 0) is 43.4 Å². The molecule has 0 aliphatic heterocycles. The highest BCUT2D eigenvalue weighted by molar-refractivity contribution is 6.30. The van der Waals surface area contributed by atoms with Crippen LogP contribution in [0.2, 0.25) is 5.02 Å². The van der Waals surface area contributed by atoms with E-state index in [1.54, 1.807) is 24.3 Å². The van der Waals surface area contributed by atoms with E-state index in [9.17, 15) is 9.90 Å². The molecule has 0 saturated carbocycles. The number of amides is 1. The lowest BCUT2D eigenvalue weighted by molar-refractivity contribution is 0.0910. The van der Waals surface area contributed by atoms with Gasteiger partial charge in [-0.25, -0.2) is 0 Å². The highest BCUT2D eigenvalue weighted by atomic mass is 35.5. The molecule has 2 aromatic rings. The Hall–Kier alpha value is -1.85. The molecule has 1 unspecified atom stereocenters. The number of hydrogen-bond donors (Lipinski definition) is 3. The molecule has 1 aromatic heterocycles. The first-order valence-electron chi connectivity index (χ1n) is 7.43. The van der Waals surface area contributed by atoms with Crippen molar-refractivity contribution in [2.75, 3.05) is 6.54 Å². The molecule has 0 fully saturated rings. The Kier molecular flexibility index (Phi) is 4.45. The van der Waals surface area contributed by atoms with Crippen LogP contribution >= 0.6 is 11.6 Å². The third-order valence-electron chi connectivity index (χ3n) is 3.98. The second kappa shape index (κ2) is 6.50. The number of benzene rings is 1. The molecule has 0 spiro atoms. The smallest absolute Gasteiger partial charge is 0.272 e. The van der Waals surface area contributed by atoms with Crippen molar-refractivity contribution in [1.82, 2.24) is 15.5 Å². The largest absolute Gasteiger partial charge is 0.387 e. The zero-order chi connectivity index (χ0) is 15.5. The Balaban J connectivity index is 1.62. The Labute approximate surface area is 133 Å². The zero-order valence-electron chi connectivity index (χ0n) is 12.1. The van der Waals surface area contributed by atoms with Crippen molar-refractivity contribution in [2.45, 2.75) is 31.8 Å². The number of carbonyl (C=O) groups excluding carboxylic acids is 1. The van der Waals surface area contributed by atoms with Crippen LogP contribution in [-0.2, 0) is 12.8 Å². The van der Waals surface area contributed by atoms with Crippen LogP contribution in [0.3, 0.4) is 0 Å². The van der Waals surface area contributed by atoms with Gasteiger partial charge in [0, 0.05) is 22.8 Å². The first-order chi connectivity index (χ1) is 10.6. The van der Waals surface area contributed by atoms with E-state index in [4.69, 9.17) is 11.6 Å². The fourth-order valence-corrected chi connectivity index (χ4v) is 2.87. The van der Waals surface area contributed by atoms with E-state index in [-0.39, 0.29) is 12.5 Å². The summed E-state index contributed by atoms with van der Waals surface area (Å²) in [4.78, 5) is 12.2. The molecule has 1 aliphatic rings. The first-order valence-corrected chi connectivity index (χ1v) is 7.81. The van der Waals surface area contributed by atoms with Crippen molar-refractivity contribution in [3.8, 4) is 0 Å². The zero-order valence-corrected chi connectivity index (χ0v) is 12.9. The van der Waals surface area contributed by atoms with Crippen molar-refractivity contribution < 1.29 is 9.90 Å². The Morgan fingerprint density at radius 1 is 1.32 bits per heavy atom. The van der Waals surface area contributed by atoms with Gasteiger partial charge in [-0.15, -0.1) is 0 Å². The van der Waals surface area contributed by atoms with Crippen LogP contribution in [0.4, 0.5) is 0 Å². The number of aliphatic hydroxyl groups excluding tert-OH is 1. The van der Waals surface area contributed by atoms with Crippen molar-refractivity contribution in [3.63, 3.8) is 0 Å². The van der Waals surface area contributed by atoms with Gasteiger partial charge >= 0.3 is 0 Å². The summed E-state index contributed by atoms with van der Waals surface area (Å²) in [6.07, 6.45) is 3.28. The average Bonchev–Trinajstić information content (AvgIpc) is 2.97. The van der Waals surface area contributed by atoms with E-state index >= 15 is 0 Å². The minimum Gasteiger partial charge on any atom is -0.387 e. The summed E-state index contributed by atoms with van der Waals surface area (Å²) in [5.74, 6) is -0.243. The number of halogens is 1. The number of aliphatic hydroxyl groups is 1. The van der Waals surface area contributed by atoms with Crippen LogP contribution in [0.15, 0.2) is 24.3 Å². The van der Waals surface area contributed by atoms with Gasteiger partial charge in [0.1, 0.15) is 0 Å². The fraction of sp³-hybridized carbons (Fsp3) is 0.375. The van der Waals surface area contributed by atoms with Gasteiger partial charge < -0.3 is 10.4 Å². The van der Waals surface area contributed by atoms with Gasteiger partial charge in [-0.3, -0.25) is 9.89 Å². The molecule has 1 atom stereocenters. The van der Waals surface area contributed by atoms with Crippen molar-refractivity contribution in [1.29, 1.82) is 0 Å². The quantitative estimate of drug-likeness (QED) is 0.809. The molecule has 1 amide bonds. The number of H-pyrrole nitrogens is 1. The molecule has 6 heteroatoms. The third-order valence-corrected chi connectivity index (χ3v) is 4.23. The van der Waals surface area contributed by atoms with Crippen LogP contribution in [0.1, 0.15) is 46.3 Å². The monoisotopic (exact) mass is 319 g/mol. The van der Waals surface area contributed by atoms with E-state index in [1.165, 1.54) is 0 Å². The van der Waals surface area contributed by atoms with E-state index in [2.05, 4.69) is 15.5 Å². The molecular formula is C16H18ClN3O2. The van der Waals surface area contributed by atoms with E-state index in [1.807, 2.05) is 0 Å². The lowest BCUT2D eigenvalue weighted by Crippen LogP contribution is -2.29. The number of carbonyl (C=O) groups is 1. The number of nitrogens with one attached hydrogen (secondary N) is 2. The van der Waals surface area contributed by atoms with Crippen LogP contribution in [0.25, 0.3) is 0 Å². The van der Waals surface area contributed by atoms with Crippen LogP contribution < -0.4 is 5.32 Å². The minimum atomic E-state index is -0.768. The van der Waals surface area contributed by atoms with Gasteiger partial charge in [-0.1, -0.05) is 23.7 Å². The highest BCUT2D eigenvalue weighted by Crippen LogP contribution is 2.22. The molecule has 0 saturated heterocycles. The van der Waals surface area contributed by atoms with Gasteiger partial charge in [0.2, 0.25) is 0 Å². The van der Waals surface area contributed by atoms with Crippen molar-refractivity contribution in [3.05, 3.63) is 51.8 Å². The predicted molar refractivity (Wildman–Crippen MR) is 84.0 cm³/mol. The standard InChI is InChI=1S/C16H18ClN3O2/c17-11-7-5-10(6-8-11)14(21)9-18-16(22)15-12-3-1-2-4-13(12)19-20-15/h5-8,14,21H,1-4,9H2,(H,18,22)(H,19,20).